The number of amides is 1. The zero-order chi connectivity index (χ0) is 23.2. The molecule has 0 atom stereocenters. The van der Waals surface area contributed by atoms with Crippen molar-refractivity contribution in [3.63, 3.8) is 0 Å². The fourth-order valence-corrected chi connectivity index (χ4v) is 5.05. The highest BCUT2D eigenvalue weighted by Crippen LogP contribution is 2.34. The van der Waals surface area contributed by atoms with Crippen LogP contribution in [0.15, 0.2) is 65.5 Å². The molecule has 8 nitrogen and oxygen atoms in total. The number of aromatic nitrogens is 3. The molecule has 3 aromatic heterocycles. The molecule has 9 heteroatoms. The van der Waals surface area contributed by atoms with Crippen molar-refractivity contribution < 1.29 is 14.3 Å². The Hall–Kier alpha value is -4.24. The fourth-order valence-electron chi connectivity index (χ4n) is 3.99. The van der Waals surface area contributed by atoms with E-state index in [0.717, 1.165) is 21.5 Å². The molecular weight excluding hydrogens is 452 g/mol. The lowest BCUT2D eigenvalue weighted by atomic mass is 10.1. The van der Waals surface area contributed by atoms with E-state index in [0.29, 0.717) is 33.2 Å². The first kappa shape index (κ1) is 20.4. The largest absolute Gasteiger partial charge is 0.454 e. The highest BCUT2D eigenvalue weighted by atomic mass is 32.1. The van der Waals surface area contributed by atoms with Crippen molar-refractivity contribution in [2.45, 2.75) is 13.5 Å². The average Bonchev–Trinajstić information content (AvgIpc) is 3.46. The first-order valence-corrected chi connectivity index (χ1v) is 11.4. The topological polar surface area (TPSA) is 95.3 Å². The second-order valence-electron chi connectivity index (χ2n) is 7.86. The second-order valence-corrected chi connectivity index (χ2v) is 8.86. The molecule has 0 saturated carbocycles. The summed E-state index contributed by atoms with van der Waals surface area (Å²) in [5.41, 5.74) is 2.76. The third-order valence-corrected chi connectivity index (χ3v) is 6.74. The van der Waals surface area contributed by atoms with Gasteiger partial charge in [-0.3, -0.25) is 14.2 Å². The summed E-state index contributed by atoms with van der Waals surface area (Å²) in [5, 5.41) is 3.63. The molecule has 0 saturated heterocycles. The Morgan fingerprint density at radius 2 is 1.88 bits per heavy atom. The molecular formula is C25H18N4O4S. The lowest BCUT2D eigenvalue weighted by molar-refractivity contribution is -0.116. The molecule has 34 heavy (non-hydrogen) atoms. The van der Waals surface area contributed by atoms with Crippen LogP contribution in [-0.4, -0.2) is 27.2 Å². The normalized spacial score (nSPS) is 12.4. The Labute approximate surface area is 197 Å². The monoisotopic (exact) mass is 470 g/mol. The van der Waals surface area contributed by atoms with Crippen LogP contribution in [0.1, 0.15) is 5.82 Å². The van der Waals surface area contributed by atoms with E-state index in [1.807, 2.05) is 42.5 Å². The van der Waals surface area contributed by atoms with Gasteiger partial charge in [0.1, 0.15) is 21.9 Å². The molecule has 5 aromatic rings. The van der Waals surface area contributed by atoms with Crippen LogP contribution < -0.4 is 20.3 Å². The summed E-state index contributed by atoms with van der Waals surface area (Å²) in [6, 6.07) is 18.9. The summed E-state index contributed by atoms with van der Waals surface area (Å²) < 4.78 is 12.5. The maximum Gasteiger partial charge on any atom is 0.272 e. The minimum Gasteiger partial charge on any atom is -0.454 e. The molecule has 0 spiro atoms. The van der Waals surface area contributed by atoms with Crippen molar-refractivity contribution >= 4 is 43.4 Å². The predicted octanol–water partition coefficient (Wildman–Crippen LogP) is 4.35. The average molecular weight is 471 g/mol. The van der Waals surface area contributed by atoms with Gasteiger partial charge in [0.25, 0.3) is 5.56 Å². The van der Waals surface area contributed by atoms with Crippen LogP contribution in [-0.2, 0) is 11.3 Å². The van der Waals surface area contributed by atoms with Crippen LogP contribution in [0.25, 0.3) is 31.7 Å². The molecule has 4 heterocycles. The molecule has 1 aliphatic heterocycles. The van der Waals surface area contributed by atoms with E-state index in [1.165, 1.54) is 15.9 Å². The van der Waals surface area contributed by atoms with Crippen LogP contribution in [0.3, 0.4) is 0 Å². The molecule has 0 radical (unpaired) electrons. The number of hydrogen-bond acceptors (Lipinski definition) is 7. The Balaban J connectivity index is 1.33. The predicted molar refractivity (Wildman–Crippen MR) is 131 cm³/mol. The summed E-state index contributed by atoms with van der Waals surface area (Å²) >= 11 is 1.30. The zero-order valence-corrected chi connectivity index (χ0v) is 18.9. The van der Waals surface area contributed by atoms with Gasteiger partial charge in [-0.25, -0.2) is 9.97 Å². The van der Waals surface area contributed by atoms with Crippen LogP contribution in [0.5, 0.6) is 11.5 Å². The van der Waals surface area contributed by atoms with E-state index in [1.54, 1.807) is 25.1 Å². The highest BCUT2D eigenvalue weighted by Gasteiger charge is 2.18. The third kappa shape index (κ3) is 3.46. The lowest BCUT2D eigenvalue weighted by Gasteiger charge is -2.10. The summed E-state index contributed by atoms with van der Waals surface area (Å²) in [6.07, 6.45) is 0. The number of benzene rings is 2. The minimum absolute atomic E-state index is 0.154. The van der Waals surface area contributed by atoms with Gasteiger partial charge in [-0.15, -0.1) is 11.3 Å². The van der Waals surface area contributed by atoms with Gasteiger partial charge >= 0.3 is 0 Å². The fraction of sp³-hybridized carbons (Fsp3) is 0.120. The Morgan fingerprint density at radius 1 is 1.06 bits per heavy atom. The number of rotatable bonds is 4. The Morgan fingerprint density at radius 3 is 2.74 bits per heavy atom. The van der Waals surface area contributed by atoms with Gasteiger partial charge in [0.15, 0.2) is 11.5 Å². The van der Waals surface area contributed by atoms with Gasteiger partial charge in [0.2, 0.25) is 12.7 Å². The first-order chi connectivity index (χ1) is 16.6. The quantitative estimate of drug-likeness (QED) is 0.420. The van der Waals surface area contributed by atoms with Gasteiger partial charge in [0.05, 0.1) is 11.2 Å². The summed E-state index contributed by atoms with van der Waals surface area (Å²) in [4.78, 5) is 36.2. The van der Waals surface area contributed by atoms with Gasteiger partial charge in [-0.1, -0.05) is 30.3 Å². The molecule has 1 N–H and O–H groups in total. The number of nitrogens with one attached hydrogen (secondary N) is 1. The SMILES string of the molecule is Cc1nc2c(sc3nc(-c4ccccc4)ccc32)c(=O)n1CC(=O)Nc1ccc2c(c1)OCO2. The second kappa shape index (κ2) is 7.96. The number of aryl methyl sites for hydroxylation is 1. The van der Waals surface area contributed by atoms with Gasteiger partial charge in [0, 0.05) is 22.7 Å². The number of ether oxygens (including phenoxy) is 2. The number of carbonyl (C=O) groups is 1. The lowest BCUT2D eigenvalue weighted by Crippen LogP contribution is -2.29. The van der Waals surface area contributed by atoms with E-state index in [4.69, 9.17) is 14.5 Å². The van der Waals surface area contributed by atoms with Crippen molar-refractivity contribution in [1.29, 1.82) is 0 Å². The molecule has 0 unspecified atom stereocenters. The third-order valence-electron chi connectivity index (χ3n) is 5.66. The standard InChI is InChI=1S/C25H18N4O4S/c1-14-26-22-17-8-9-18(15-5-3-2-4-6-15)28-24(17)34-23(22)25(31)29(14)12-21(30)27-16-7-10-19-20(11-16)33-13-32-19/h2-11H,12-13H2,1H3,(H,27,30). The van der Waals surface area contributed by atoms with Crippen molar-refractivity contribution in [1.82, 2.24) is 14.5 Å². The molecule has 2 aromatic carbocycles. The van der Waals surface area contributed by atoms with Gasteiger partial charge < -0.3 is 14.8 Å². The summed E-state index contributed by atoms with van der Waals surface area (Å²) in [5.74, 6) is 1.33. The maximum atomic E-state index is 13.3. The van der Waals surface area contributed by atoms with Gasteiger partial charge in [-0.05, 0) is 31.2 Å². The Kier molecular flexibility index (Phi) is 4.77. The smallest absolute Gasteiger partial charge is 0.272 e. The van der Waals surface area contributed by atoms with E-state index in [9.17, 15) is 9.59 Å². The number of thiophene rings is 1. The molecule has 1 amide bonds. The van der Waals surface area contributed by atoms with E-state index < -0.39 is 0 Å². The number of anilines is 1. The minimum atomic E-state index is -0.337. The molecule has 0 bridgehead atoms. The summed E-state index contributed by atoms with van der Waals surface area (Å²) in [7, 11) is 0. The molecule has 0 fully saturated rings. The van der Waals surface area contributed by atoms with Crippen LogP contribution >= 0.6 is 11.3 Å². The number of hydrogen-bond donors (Lipinski definition) is 1. The van der Waals surface area contributed by atoms with E-state index in [-0.39, 0.29) is 24.8 Å². The zero-order valence-electron chi connectivity index (χ0n) is 18.1. The number of carbonyl (C=O) groups excluding carboxylic acids is 1. The van der Waals surface area contributed by atoms with E-state index in [2.05, 4.69) is 10.3 Å². The maximum absolute atomic E-state index is 13.3. The molecule has 6 rings (SSSR count). The number of nitrogens with zero attached hydrogens (tertiary/aromatic N) is 3. The highest BCUT2D eigenvalue weighted by molar-refractivity contribution is 7.25. The van der Waals surface area contributed by atoms with Crippen LogP contribution in [0.4, 0.5) is 5.69 Å². The van der Waals surface area contributed by atoms with Crippen molar-refractivity contribution in [3.05, 3.63) is 76.8 Å². The molecule has 0 aliphatic carbocycles. The van der Waals surface area contributed by atoms with Gasteiger partial charge in [-0.2, -0.15) is 0 Å². The number of fused-ring (bicyclic) bond motifs is 4. The van der Waals surface area contributed by atoms with Crippen LogP contribution in [0.2, 0.25) is 0 Å². The number of pyridine rings is 1. The molecule has 1 aliphatic rings. The van der Waals surface area contributed by atoms with Crippen molar-refractivity contribution in [2.24, 2.45) is 0 Å². The van der Waals surface area contributed by atoms with Crippen LogP contribution in [0, 0.1) is 6.92 Å². The van der Waals surface area contributed by atoms with Crippen molar-refractivity contribution in [3.8, 4) is 22.8 Å². The van der Waals surface area contributed by atoms with E-state index >= 15 is 0 Å². The molecule has 168 valence electrons. The Bertz CT molecular complexity index is 1640. The summed E-state index contributed by atoms with van der Waals surface area (Å²) in [6.45, 7) is 1.73. The van der Waals surface area contributed by atoms with Crippen molar-refractivity contribution in [2.75, 3.05) is 12.1 Å². The first-order valence-electron chi connectivity index (χ1n) is 10.6.